The molecular formula is C17H23N5O2S. The lowest BCUT2D eigenvalue weighted by molar-refractivity contribution is -0.131. The predicted molar refractivity (Wildman–Crippen MR) is 94.0 cm³/mol. The molecule has 0 aliphatic carbocycles. The lowest BCUT2D eigenvalue weighted by Crippen LogP contribution is -2.47. The average molecular weight is 361 g/mol. The second kappa shape index (κ2) is 7.23. The lowest BCUT2D eigenvalue weighted by atomic mass is 9.80. The highest BCUT2D eigenvalue weighted by Gasteiger charge is 2.55. The number of aryl methyl sites for hydroxylation is 1. The molecule has 25 heavy (non-hydrogen) atoms. The number of carbonyl (C=O) groups excluding carboxylic acids is 1. The largest absolute Gasteiger partial charge is 0.380 e. The number of imidazole rings is 1. The standard InChI is InChI=1S/C17H23N5O2S/c23-16(20-2-1-5-21-6-3-18-13-21)17-11-22(8-14(17)10-24-12-17)9-15-19-4-7-25-15/h3-4,6-7,13-14H,1-2,5,8-12H2,(H,20,23)/t14?,17-/m1/s1. The number of nitrogens with one attached hydrogen (secondary N) is 1. The molecule has 0 saturated carbocycles. The van der Waals surface area contributed by atoms with Crippen LogP contribution in [0, 0.1) is 11.3 Å². The van der Waals surface area contributed by atoms with Crippen molar-refractivity contribution in [2.24, 2.45) is 11.3 Å². The fourth-order valence-corrected chi connectivity index (χ4v) is 4.52. The normalized spacial score (nSPS) is 26.0. The smallest absolute Gasteiger partial charge is 0.230 e. The molecule has 2 saturated heterocycles. The molecule has 134 valence electrons. The molecule has 2 aliphatic rings. The molecule has 2 atom stereocenters. The van der Waals surface area contributed by atoms with Gasteiger partial charge in [-0.2, -0.15) is 0 Å². The van der Waals surface area contributed by atoms with E-state index in [0.717, 1.165) is 37.6 Å². The van der Waals surface area contributed by atoms with E-state index >= 15 is 0 Å². The molecular weight excluding hydrogens is 338 g/mol. The monoisotopic (exact) mass is 361 g/mol. The van der Waals surface area contributed by atoms with Crippen molar-refractivity contribution < 1.29 is 9.53 Å². The Morgan fingerprint density at radius 1 is 1.48 bits per heavy atom. The number of fused-ring (bicyclic) bond motifs is 1. The van der Waals surface area contributed by atoms with Crippen LogP contribution in [0.2, 0.25) is 0 Å². The highest BCUT2D eigenvalue weighted by molar-refractivity contribution is 7.09. The Kier molecular flexibility index (Phi) is 4.82. The highest BCUT2D eigenvalue weighted by Crippen LogP contribution is 2.42. The van der Waals surface area contributed by atoms with Crippen molar-refractivity contribution >= 4 is 17.2 Å². The van der Waals surface area contributed by atoms with Crippen LogP contribution in [0.15, 0.2) is 30.3 Å². The van der Waals surface area contributed by atoms with Gasteiger partial charge in [0.25, 0.3) is 0 Å². The maximum Gasteiger partial charge on any atom is 0.230 e. The van der Waals surface area contributed by atoms with Gasteiger partial charge in [-0.3, -0.25) is 9.69 Å². The summed E-state index contributed by atoms with van der Waals surface area (Å²) < 4.78 is 7.70. The van der Waals surface area contributed by atoms with E-state index in [1.165, 1.54) is 0 Å². The van der Waals surface area contributed by atoms with E-state index in [2.05, 4.69) is 20.2 Å². The summed E-state index contributed by atoms with van der Waals surface area (Å²) in [6, 6.07) is 0. The molecule has 0 aromatic carbocycles. The number of carbonyl (C=O) groups is 1. The highest BCUT2D eigenvalue weighted by atomic mass is 32.1. The lowest BCUT2D eigenvalue weighted by Gasteiger charge is -2.26. The van der Waals surface area contributed by atoms with E-state index < -0.39 is 5.41 Å². The van der Waals surface area contributed by atoms with Crippen molar-refractivity contribution in [3.63, 3.8) is 0 Å². The van der Waals surface area contributed by atoms with Gasteiger partial charge >= 0.3 is 0 Å². The summed E-state index contributed by atoms with van der Waals surface area (Å²) in [5.74, 6) is 0.420. The van der Waals surface area contributed by atoms with Crippen LogP contribution in [0.1, 0.15) is 11.4 Å². The van der Waals surface area contributed by atoms with Gasteiger partial charge in [0.2, 0.25) is 5.91 Å². The Hall–Kier alpha value is -1.77. The van der Waals surface area contributed by atoms with Crippen molar-refractivity contribution in [1.29, 1.82) is 0 Å². The van der Waals surface area contributed by atoms with Gasteiger partial charge in [-0.05, 0) is 6.42 Å². The zero-order valence-corrected chi connectivity index (χ0v) is 15.0. The van der Waals surface area contributed by atoms with Gasteiger partial charge in [0.15, 0.2) is 0 Å². The minimum Gasteiger partial charge on any atom is -0.380 e. The fourth-order valence-electron chi connectivity index (χ4n) is 3.86. The first-order valence-corrected chi connectivity index (χ1v) is 9.57. The number of hydrogen-bond donors (Lipinski definition) is 1. The first-order valence-electron chi connectivity index (χ1n) is 8.69. The number of nitrogens with zero attached hydrogens (tertiary/aromatic N) is 4. The second-order valence-electron chi connectivity index (χ2n) is 6.87. The molecule has 8 heteroatoms. The molecule has 0 radical (unpaired) electrons. The molecule has 7 nitrogen and oxygen atoms in total. The summed E-state index contributed by atoms with van der Waals surface area (Å²) in [6.45, 7) is 5.23. The van der Waals surface area contributed by atoms with Crippen LogP contribution >= 0.6 is 11.3 Å². The van der Waals surface area contributed by atoms with Crippen LogP contribution in [0.25, 0.3) is 0 Å². The van der Waals surface area contributed by atoms with Gasteiger partial charge in [0.05, 0.1) is 31.5 Å². The van der Waals surface area contributed by atoms with Gasteiger partial charge in [-0.25, -0.2) is 9.97 Å². The quantitative estimate of drug-likeness (QED) is 0.745. The second-order valence-corrected chi connectivity index (χ2v) is 7.85. The maximum absolute atomic E-state index is 12.9. The number of likely N-dealkylation sites (tertiary alicyclic amines) is 1. The molecule has 0 bridgehead atoms. The Labute approximate surface area is 151 Å². The molecule has 2 aromatic rings. The summed E-state index contributed by atoms with van der Waals surface area (Å²) in [5.41, 5.74) is -0.397. The molecule has 4 rings (SSSR count). The molecule has 2 aromatic heterocycles. The minimum atomic E-state index is -0.397. The summed E-state index contributed by atoms with van der Waals surface area (Å²) >= 11 is 1.67. The molecule has 1 N–H and O–H groups in total. The van der Waals surface area contributed by atoms with Crippen molar-refractivity contribution in [3.05, 3.63) is 35.3 Å². The van der Waals surface area contributed by atoms with E-state index in [1.807, 2.05) is 22.3 Å². The van der Waals surface area contributed by atoms with Gasteiger partial charge < -0.3 is 14.6 Å². The number of amides is 1. The molecule has 1 unspecified atom stereocenters. The Morgan fingerprint density at radius 3 is 3.24 bits per heavy atom. The van der Waals surface area contributed by atoms with Gasteiger partial charge in [0, 0.05) is 56.1 Å². The van der Waals surface area contributed by atoms with Crippen LogP contribution < -0.4 is 5.32 Å². The number of aromatic nitrogens is 3. The van der Waals surface area contributed by atoms with E-state index in [4.69, 9.17) is 4.74 Å². The first kappa shape index (κ1) is 16.7. The van der Waals surface area contributed by atoms with Crippen molar-refractivity contribution in [1.82, 2.24) is 24.8 Å². The van der Waals surface area contributed by atoms with E-state index in [0.29, 0.717) is 19.8 Å². The third kappa shape index (κ3) is 3.47. The molecule has 4 heterocycles. The summed E-state index contributed by atoms with van der Waals surface area (Å²) in [7, 11) is 0. The number of ether oxygens (including phenoxy) is 1. The summed E-state index contributed by atoms with van der Waals surface area (Å²) in [6.07, 6.45) is 8.24. The van der Waals surface area contributed by atoms with E-state index in [9.17, 15) is 4.79 Å². The SMILES string of the molecule is O=C(NCCCn1ccnc1)[C@]12COCC1CN(Cc1nccs1)C2. The van der Waals surface area contributed by atoms with Gasteiger partial charge in [0.1, 0.15) is 5.01 Å². The van der Waals surface area contributed by atoms with Crippen LogP contribution in [-0.4, -0.2) is 58.2 Å². The minimum absolute atomic E-state index is 0.141. The fraction of sp³-hybridized carbons (Fsp3) is 0.588. The number of rotatable bonds is 7. The van der Waals surface area contributed by atoms with Crippen LogP contribution in [0.5, 0.6) is 0 Å². The summed E-state index contributed by atoms with van der Waals surface area (Å²) in [4.78, 5) is 23.6. The molecule has 2 aliphatic heterocycles. The number of hydrogen-bond acceptors (Lipinski definition) is 6. The van der Waals surface area contributed by atoms with E-state index in [-0.39, 0.29) is 11.8 Å². The third-order valence-corrected chi connectivity index (χ3v) is 5.94. The van der Waals surface area contributed by atoms with Gasteiger partial charge in [-0.1, -0.05) is 0 Å². The Bertz CT molecular complexity index is 690. The summed E-state index contributed by atoms with van der Waals surface area (Å²) in [5, 5.41) is 6.24. The first-order chi connectivity index (χ1) is 12.3. The molecule has 1 amide bonds. The van der Waals surface area contributed by atoms with Crippen LogP contribution in [0.3, 0.4) is 0 Å². The van der Waals surface area contributed by atoms with Crippen molar-refractivity contribution in [2.75, 3.05) is 32.8 Å². The number of thiazole rings is 1. The average Bonchev–Trinajstić information content (AvgIpc) is 3.36. The third-order valence-electron chi connectivity index (χ3n) is 5.18. The Morgan fingerprint density at radius 2 is 2.44 bits per heavy atom. The zero-order chi connectivity index (χ0) is 17.1. The van der Waals surface area contributed by atoms with Gasteiger partial charge in [-0.15, -0.1) is 11.3 Å². The predicted octanol–water partition coefficient (Wildman–Crippen LogP) is 0.994. The zero-order valence-electron chi connectivity index (χ0n) is 14.1. The molecule has 0 spiro atoms. The Balaban J connectivity index is 1.31. The van der Waals surface area contributed by atoms with Crippen LogP contribution in [0.4, 0.5) is 0 Å². The van der Waals surface area contributed by atoms with E-state index in [1.54, 1.807) is 23.9 Å². The molecule has 2 fully saturated rings. The van der Waals surface area contributed by atoms with Crippen LogP contribution in [-0.2, 0) is 22.6 Å². The van der Waals surface area contributed by atoms with Crippen molar-refractivity contribution in [2.45, 2.75) is 19.5 Å². The maximum atomic E-state index is 12.9. The topological polar surface area (TPSA) is 72.3 Å². The van der Waals surface area contributed by atoms with Crippen molar-refractivity contribution in [3.8, 4) is 0 Å².